The van der Waals surface area contributed by atoms with Crippen molar-refractivity contribution in [3.05, 3.63) is 21.7 Å². The van der Waals surface area contributed by atoms with Crippen LogP contribution in [-0.2, 0) is 13.1 Å². The van der Waals surface area contributed by atoms with Crippen LogP contribution in [0.5, 0.6) is 0 Å². The van der Waals surface area contributed by atoms with Crippen molar-refractivity contribution >= 4 is 18.2 Å². The molecule has 0 aliphatic carbocycles. The molecule has 6 heteroatoms. The summed E-state index contributed by atoms with van der Waals surface area (Å²) < 4.78 is 0. The summed E-state index contributed by atoms with van der Waals surface area (Å²) in [5.41, 5.74) is 6.92. The number of hydrogen-bond donors (Lipinski definition) is 3. The summed E-state index contributed by atoms with van der Waals surface area (Å²) in [5.74, 6) is 0.341. The minimum atomic E-state index is -0.370. The van der Waals surface area contributed by atoms with E-state index >= 15 is 0 Å². The molecule has 1 aliphatic rings. The standard InChI is InChI=1S/C6H8N4O.ClH/c7-5-3-1-8-2-4(3)9-6(11)10-5;/h8H,1-2H2,(H3,7,9,10,11);1H. The van der Waals surface area contributed by atoms with Crippen LogP contribution in [0.25, 0.3) is 0 Å². The van der Waals surface area contributed by atoms with Crippen LogP contribution in [0.3, 0.4) is 0 Å². The Labute approximate surface area is 74.8 Å². The number of nitrogens with zero attached hydrogens (tertiary/aromatic N) is 1. The van der Waals surface area contributed by atoms with Crippen molar-refractivity contribution in [2.75, 3.05) is 5.73 Å². The van der Waals surface area contributed by atoms with E-state index in [4.69, 9.17) is 5.73 Å². The number of fused-ring (bicyclic) bond motifs is 1. The second kappa shape index (κ2) is 3.12. The number of anilines is 1. The van der Waals surface area contributed by atoms with Crippen molar-refractivity contribution in [3.63, 3.8) is 0 Å². The summed E-state index contributed by atoms with van der Waals surface area (Å²) >= 11 is 0. The van der Waals surface area contributed by atoms with E-state index in [2.05, 4.69) is 15.3 Å². The molecule has 0 atom stereocenters. The summed E-state index contributed by atoms with van der Waals surface area (Å²) in [6, 6.07) is 0. The molecule has 1 aromatic heterocycles. The van der Waals surface area contributed by atoms with Gasteiger partial charge in [0, 0.05) is 24.3 Å². The third kappa shape index (κ3) is 1.28. The third-order valence-corrected chi connectivity index (χ3v) is 1.76. The first-order chi connectivity index (χ1) is 5.27. The van der Waals surface area contributed by atoms with Gasteiger partial charge in [-0.2, -0.15) is 4.98 Å². The molecule has 5 nitrogen and oxygen atoms in total. The van der Waals surface area contributed by atoms with Gasteiger partial charge in [0.1, 0.15) is 5.82 Å². The second-order valence-electron chi connectivity index (χ2n) is 2.49. The summed E-state index contributed by atoms with van der Waals surface area (Å²) in [6.45, 7) is 1.38. The molecular weight excluding hydrogens is 180 g/mol. The molecule has 4 N–H and O–H groups in total. The highest BCUT2D eigenvalue weighted by Crippen LogP contribution is 2.14. The smallest absolute Gasteiger partial charge is 0.347 e. The van der Waals surface area contributed by atoms with Gasteiger partial charge in [-0.3, -0.25) is 0 Å². The monoisotopic (exact) mass is 188 g/mol. The van der Waals surface area contributed by atoms with Crippen LogP contribution in [0, 0.1) is 0 Å². The Kier molecular flexibility index (Phi) is 2.35. The number of H-pyrrole nitrogens is 1. The van der Waals surface area contributed by atoms with Gasteiger partial charge in [0.05, 0.1) is 0 Å². The van der Waals surface area contributed by atoms with E-state index in [0.29, 0.717) is 18.9 Å². The molecule has 2 rings (SSSR count). The third-order valence-electron chi connectivity index (χ3n) is 1.76. The first kappa shape index (κ1) is 9.02. The molecule has 0 amide bonds. The average Bonchev–Trinajstić information content (AvgIpc) is 2.34. The maximum Gasteiger partial charge on any atom is 0.347 e. The van der Waals surface area contributed by atoms with E-state index in [-0.39, 0.29) is 18.1 Å². The Hall–Kier alpha value is -1.07. The number of nitrogen functional groups attached to an aromatic ring is 1. The van der Waals surface area contributed by atoms with Crippen LogP contribution in [0.15, 0.2) is 4.79 Å². The zero-order chi connectivity index (χ0) is 7.84. The largest absolute Gasteiger partial charge is 0.383 e. The highest BCUT2D eigenvalue weighted by Gasteiger charge is 2.14. The van der Waals surface area contributed by atoms with Gasteiger partial charge in [-0.15, -0.1) is 12.4 Å². The summed E-state index contributed by atoms with van der Waals surface area (Å²) in [5, 5.41) is 3.07. The van der Waals surface area contributed by atoms with E-state index in [9.17, 15) is 4.79 Å². The molecule has 0 saturated heterocycles. The first-order valence-electron chi connectivity index (χ1n) is 3.35. The van der Waals surface area contributed by atoms with Gasteiger partial charge in [0.25, 0.3) is 0 Å². The minimum Gasteiger partial charge on any atom is -0.383 e. The van der Waals surface area contributed by atoms with Crippen molar-refractivity contribution in [2.24, 2.45) is 0 Å². The zero-order valence-electron chi connectivity index (χ0n) is 6.26. The first-order valence-corrected chi connectivity index (χ1v) is 3.35. The number of aromatic amines is 1. The molecule has 0 unspecified atom stereocenters. The SMILES string of the molecule is Cl.Nc1nc(=O)[nH]c2c1CNC2. The maximum atomic E-state index is 10.8. The van der Waals surface area contributed by atoms with Crippen LogP contribution >= 0.6 is 12.4 Å². The predicted molar refractivity (Wildman–Crippen MR) is 47.1 cm³/mol. The summed E-state index contributed by atoms with van der Waals surface area (Å²) in [4.78, 5) is 17.0. The Morgan fingerprint density at radius 1 is 1.42 bits per heavy atom. The van der Waals surface area contributed by atoms with Crippen molar-refractivity contribution in [1.29, 1.82) is 0 Å². The van der Waals surface area contributed by atoms with Crippen LogP contribution in [0.2, 0.25) is 0 Å². The molecule has 12 heavy (non-hydrogen) atoms. The van der Waals surface area contributed by atoms with Crippen LogP contribution < -0.4 is 16.7 Å². The molecule has 2 heterocycles. The number of hydrogen-bond acceptors (Lipinski definition) is 4. The lowest BCUT2D eigenvalue weighted by Gasteiger charge is -1.98. The number of nitrogens with two attached hydrogens (primary N) is 1. The molecule has 0 saturated carbocycles. The highest BCUT2D eigenvalue weighted by molar-refractivity contribution is 5.85. The minimum absolute atomic E-state index is 0. The Morgan fingerprint density at radius 2 is 2.17 bits per heavy atom. The quantitative estimate of drug-likeness (QED) is 0.507. The van der Waals surface area contributed by atoms with Gasteiger partial charge in [-0.1, -0.05) is 0 Å². The van der Waals surface area contributed by atoms with Crippen molar-refractivity contribution < 1.29 is 0 Å². The maximum absolute atomic E-state index is 10.8. The predicted octanol–water partition coefficient (Wildman–Crippen LogP) is -0.623. The van der Waals surface area contributed by atoms with E-state index < -0.39 is 0 Å². The fraction of sp³-hybridized carbons (Fsp3) is 0.333. The molecule has 0 spiro atoms. The Balaban J connectivity index is 0.000000720. The van der Waals surface area contributed by atoms with Gasteiger partial charge >= 0.3 is 5.69 Å². The van der Waals surface area contributed by atoms with Crippen molar-refractivity contribution in [3.8, 4) is 0 Å². The highest BCUT2D eigenvalue weighted by atomic mass is 35.5. The lowest BCUT2D eigenvalue weighted by molar-refractivity contribution is 0.757. The normalized spacial score (nSPS) is 13.7. The Morgan fingerprint density at radius 3 is 2.92 bits per heavy atom. The van der Waals surface area contributed by atoms with Gasteiger partial charge in [-0.05, 0) is 0 Å². The lowest BCUT2D eigenvalue weighted by atomic mass is 10.2. The zero-order valence-corrected chi connectivity index (χ0v) is 7.07. The van der Waals surface area contributed by atoms with Gasteiger partial charge in [-0.25, -0.2) is 4.79 Å². The molecular formula is C6H9ClN4O. The number of halogens is 1. The van der Waals surface area contributed by atoms with E-state index in [1.165, 1.54) is 0 Å². The number of nitrogens with one attached hydrogen (secondary N) is 2. The topological polar surface area (TPSA) is 83.8 Å². The van der Waals surface area contributed by atoms with E-state index in [0.717, 1.165) is 11.3 Å². The molecule has 66 valence electrons. The second-order valence-corrected chi connectivity index (χ2v) is 2.49. The van der Waals surface area contributed by atoms with Crippen LogP contribution in [0.1, 0.15) is 11.3 Å². The fourth-order valence-electron chi connectivity index (χ4n) is 1.22. The number of aromatic nitrogens is 2. The number of rotatable bonds is 0. The van der Waals surface area contributed by atoms with E-state index in [1.54, 1.807) is 0 Å². The van der Waals surface area contributed by atoms with Gasteiger partial charge in [0.2, 0.25) is 0 Å². The van der Waals surface area contributed by atoms with E-state index in [1.807, 2.05) is 0 Å². The van der Waals surface area contributed by atoms with Crippen molar-refractivity contribution in [1.82, 2.24) is 15.3 Å². The lowest BCUT2D eigenvalue weighted by Crippen LogP contribution is -2.15. The molecule has 0 fully saturated rings. The van der Waals surface area contributed by atoms with Gasteiger partial charge in [0.15, 0.2) is 0 Å². The molecule has 0 radical (unpaired) electrons. The molecule has 0 bridgehead atoms. The van der Waals surface area contributed by atoms with Gasteiger partial charge < -0.3 is 16.0 Å². The van der Waals surface area contributed by atoms with Crippen molar-refractivity contribution in [2.45, 2.75) is 13.1 Å². The average molecular weight is 189 g/mol. The molecule has 1 aliphatic heterocycles. The van der Waals surface area contributed by atoms with Crippen LogP contribution in [-0.4, -0.2) is 9.97 Å². The fourth-order valence-corrected chi connectivity index (χ4v) is 1.22. The summed E-state index contributed by atoms with van der Waals surface area (Å²) in [7, 11) is 0. The summed E-state index contributed by atoms with van der Waals surface area (Å²) in [6.07, 6.45) is 0. The Bertz CT molecular complexity index is 348. The molecule has 0 aromatic carbocycles. The molecule has 1 aromatic rings. The van der Waals surface area contributed by atoms with Crippen LogP contribution in [0.4, 0.5) is 5.82 Å².